The summed E-state index contributed by atoms with van der Waals surface area (Å²) < 4.78 is 0. The average molecular weight is 259 g/mol. The maximum atomic E-state index is 12.3. The maximum Gasteiger partial charge on any atom is 0.254 e. The first kappa shape index (κ1) is 15.3. The van der Waals surface area contributed by atoms with Crippen LogP contribution in [0.4, 0.5) is 0 Å². The van der Waals surface area contributed by atoms with Gasteiger partial charge in [0.05, 0.1) is 6.61 Å². The van der Waals surface area contributed by atoms with Crippen LogP contribution in [0.1, 0.15) is 41.8 Å². The fourth-order valence-electron chi connectivity index (χ4n) is 1.83. The van der Waals surface area contributed by atoms with Gasteiger partial charge in [0.2, 0.25) is 0 Å². The van der Waals surface area contributed by atoms with Crippen LogP contribution in [0, 0.1) is 18.8 Å². The summed E-state index contributed by atoms with van der Waals surface area (Å²) in [5, 5.41) is 8.70. The molecule has 1 aromatic rings. The minimum atomic E-state index is 0.0494. The molecule has 1 amide bonds. The van der Waals surface area contributed by atoms with Gasteiger partial charge < -0.3 is 10.0 Å². The molecular weight excluding hydrogens is 238 g/mol. The molecular formula is C16H21NO2. The van der Waals surface area contributed by atoms with E-state index in [1.165, 1.54) is 0 Å². The highest BCUT2D eigenvalue weighted by Crippen LogP contribution is 2.13. The van der Waals surface area contributed by atoms with Crippen molar-refractivity contribution in [1.82, 2.24) is 4.90 Å². The van der Waals surface area contributed by atoms with Crippen LogP contribution in [-0.4, -0.2) is 35.6 Å². The summed E-state index contributed by atoms with van der Waals surface area (Å²) in [4.78, 5) is 14.1. The Balaban J connectivity index is 3.04. The van der Waals surface area contributed by atoms with Crippen LogP contribution in [0.3, 0.4) is 0 Å². The third-order valence-corrected chi connectivity index (χ3v) is 2.99. The minimum absolute atomic E-state index is 0.0494. The standard InChI is InChI=1S/C16H21NO2/c1-4-17(5-2)16(19)15-12-14(8-6-7-11-18)10-9-13(15)3/h9-10,12,18H,4-5,7,11H2,1-3H3. The summed E-state index contributed by atoms with van der Waals surface area (Å²) in [5.74, 6) is 5.88. The van der Waals surface area contributed by atoms with Crippen molar-refractivity contribution in [3.8, 4) is 11.8 Å². The number of benzene rings is 1. The summed E-state index contributed by atoms with van der Waals surface area (Å²) in [6.45, 7) is 7.35. The van der Waals surface area contributed by atoms with Gasteiger partial charge in [0, 0.05) is 30.6 Å². The third-order valence-electron chi connectivity index (χ3n) is 2.99. The molecule has 3 heteroatoms. The van der Waals surface area contributed by atoms with Crippen molar-refractivity contribution < 1.29 is 9.90 Å². The van der Waals surface area contributed by atoms with Crippen molar-refractivity contribution in [2.75, 3.05) is 19.7 Å². The molecule has 0 aliphatic rings. The van der Waals surface area contributed by atoms with Crippen molar-refractivity contribution in [3.63, 3.8) is 0 Å². The lowest BCUT2D eigenvalue weighted by atomic mass is 10.0. The number of hydrogen-bond acceptors (Lipinski definition) is 2. The van der Waals surface area contributed by atoms with Gasteiger partial charge in [0.15, 0.2) is 0 Å². The predicted octanol–water partition coefficient (Wildman–Crippen LogP) is 2.21. The molecule has 0 aromatic heterocycles. The Bertz CT molecular complexity index is 493. The van der Waals surface area contributed by atoms with Crippen LogP contribution >= 0.6 is 0 Å². The highest BCUT2D eigenvalue weighted by Gasteiger charge is 2.14. The van der Waals surface area contributed by atoms with E-state index < -0.39 is 0 Å². The molecule has 0 aliphatic heterocycles. The molecule has 0 aliphatic carbocycles. The van der Waals surface area contributed by atoms with E-state index >= 15 is 0 Å². The molecule has 1 aromatic carbocycles. The van der Waals surface area contributed by atoms with Gasteiger partial charge in [-0.05, 0) is 38.5 Å². The Morgan fingerprint density at radius 1 is 1.32 bits per heavy atom. The zero-order valence-corrected chi connectivity index (χ0v) is 11.9. The van der Waals surface area contributed by atoms with Crippen molar-refractivity contribution in [2.24, 2.45) is 0 Å². The first-order valence-electron chi connectivity index (χ1n) is 6.63. The fraction of sp³-hybridized carbons (Fsp3) is 0.438. The van der Waals surface area contributed by atoms with Gasteiger partial charge >= 0.3 is 0 Å². The van der Waals surface area contributed by atoms with Crippen LogP contribution in [0.2, 0.25) is 0 Å². The molecule has 3 nitrogen and oxygen atoms in total. The maximum absolute atomic E-state index is 12.3. The number of hydrogen-bond donors (Lipinski definition) is 1. The first-order chi connectivity index (χ1) is 9.13. The van der Waals surface area contributed by atoms with E-state index in [4.69, 9.17) is 5.11 Å². The summed E-state index contributed by atoms with van der Waals surface area (Å²) in [6.07, 6.45) is 0.452. The van der Waals surface area contributed by atoms with E-state index in [0.717, 1.165) is 11.1 Å². The molecule has 0 spiro atoms. The van der Waals surface area contributed by atoms with Gasteiger partial charge in [-0.15, -0.1) is 0 Å². The summed E-state index contributed by atoms with van der Waals surface area (Å²) >= 11 is 0. The summed E-state index contributed by atoms with van der Waals surface area (Å²) in [5.41, 5.74) is 2.48. The van der Waals surface area contributed by atoms with Gasteiger partial charge in [-0.3, -0.25) is 4.79 Å². The van der Waals surface area contributed by atoms with E-state index in [9.17, 15) is 4.79 Å². The third kappa shape index (κ3) is 4.11. The number of aliphatic hydroxyl groups is 1. The topological polar surface area (TPSA) is 40.5 Å². The first-order valence-corrected chi connectivity index (χ1v) is 6.63. The van der Waals surface area contributed by atoms with Crippen LogP contribution in [0.15, 0.2) is 18.2 Å². The Morgan fingerprint density at radius 2 is 2.00 bits per heavy atom. The Hall–Kier alpha value is -1.79. The largest absolute Gasteiger partial charge is 0.395 e. The molecule has 1 N–H and O–H groups in total. The zero-order chi connectivity index (χ0) is 14.3. The number of carbonyl (C=O) groups is 1. The minimum Gasteiger partial charge on any atom is -0.395 e. The van der Waals surface area contributed by atoms with Crippen LogP contribution in [0.5, 0.6) is 0 Å². The van der Waals surface area contributed by atoms with Gasteiger partial charge in [-0.25, -0.2) is 0 Å². The van der Waals surface area contributed by atoms with Crippen molar-refractivity contribution in [2.45, 2.75) is 27.2 Å². The molecule has 0 fully saturated rings. The number of aliphatic hydroxyl groups excluding tert-OH is 1. The van der Waals surface area contributed by atoms with Gasteiger partial charge in [0.1, 0.15) is 0 Å². The second-order valence-electron chi connectivity index (χ2n) is 4.28. The molecule has 0 saturated carbocycles. The van der Waals surface area contributed by atoms with E-state index in [1.807, 2.05) is 39.0 Å². The smallest absolute Gasteiger partial charge is 0.254 e. The highest BCUT2D eigenvalue weighted by molar-refractivity contribution is 5.96. The number of nitrogens with zero attached hydrogens (tertiary/aromatic N) is 1. The van der Waals surface area contributed by atoms with Gasteiger partial charge in [0.25, 0.3) is 5.91 Å². The lowest BCUT2D eigenvalue weighted by Gasteiger charge is -2.19. The second kappa shape index (κ2) is 7.60. The Kier molecular flexibility index (Phi) is 6.11. The van der Waals surface area contributed by atoms with E-state index in [0.29, 0.717) is 25.1 Å². The summed E-state index contributed by atoms with van der Waals surface area (Å²) in [7, 11) is 0. The van der Waals surface area contributed by atoms with Gasteiger partial charge in [-0.2, -0.15) is 0 Å². The number of amides is 1. The van der Waals surface area contributed by atoms with E-state index in [-0.39, 0.29) is 12.5 Å². The molecule has 0 saturated heterocycles. The Morgan fingerprint density at radius 3 is 2.58 bits per heavy atom. The second-order valence-corrected chi connectivity index (χ2v) is 4.28. The van der Waals surface area contributed by atoms with Crippen LogP contribution in [0.25, 0.3) is 0 Å². The molecule has 0 heterocycles. The fourth-order valence-corrected chi connectivity index (χ4v) is 1.83. The predicted molar refractivity (Wildman–Crippen MR) is 77.0 cm³/mol. The van der Waals surface area contributed by atoms with Crippen molar-refractivity contribution in [1.29, 1.82) is 0 Å². The quantitative estimate of drug-likeness (QED) is 0.842. The summed E-state index contributed by atoms with van der Waals surface area (Å²) in [6, 6.07) is 5.65. The molecule has 0 bridgehead atoms. The number of carbonyl (C=O) groups excluding carboxylic acids is 1. The monoisotopic (exact) mass is 259 g/mol. The van der Waals surface area contributed by atoms with Gasteiger partial charge in [-0.1, -0.05) is 17.9 Å². The number of rotatable bonds is 4. The molecule has 0 atom stereocenters. The molecule has 1 rings (SSSR count). The zero-order valence-electron chi connectivity index (χ0n) is 11.9. The van der Waals surface area contributed by atoms with E-state index in [1.54, 1.807) is 4.90 Å². The van der Waals surface area contributed by atoms with Crippen molar-refractivity contribution >= 4 is 5.91 Å². The molecule has 102 valence electrons. The normalized spacial score (nSPS) is 9.68. The highest BCUT2D eigenvalue weighted by atomic mass is 16.2. The molecule has 0 unspecified atom stereocenters. The SMILES string of the molecule is CCN(CC)C(=O)c1cc(C#CCCO)ccc1C. The molecule has 19 heavy (non-hydrogen) atoms. The van der Waals surface area contributed by atoms with Crippen molar-refractivity contribution in [3.05, 3.63) is 34.9 Å². The number of aryl methyl sites for hydroxylation is 1. The van der Waals surface area contributed by atoms with E-state index in [2.05, 4.69) is 11.8 Å². The van der Waals surface area contributed by atoms with Crippen LogP contribution < -0.4 is 0 Å². The lowest BCUT2D eigenvalue weighted by Crippen LogP contribution is -2.31. The molecule has 0 radical (unpaired) electrons. The van der Waals surface area contributed by atoms with Crippen LogP contribution in [-0.2, 0) is 0 Å². The average Bonchev–Trinajstić information content (AvgIpc) is 2.42. The Labute approximate surface area is 115 Å². The lowest BCUT2D eigenvalue weighted by molar-refractivity contribution is 0.0772.